The molecule has 0 aliphatic carbocycles. The molecule has 1 atom stereocenters. The molecule has 0 fully saturated rings. The lowest BCUT2D eigenvalue weighted by atomic mass is 9.80. The lowest BCUT2D eigenvalue weighted by Crippen LogP contribution is -2.37. The first-order chi connectivity index (χ1) is 9.01. The Kier molecular flexibility index (Phi) is 6.53. The highest BCUT2D eigenvalue weighted by molar-refractivity contribution is 6.31. The number of carbonyl (C=O) groups excluding carboxylic acids is 1. The number of halogens is 5. The van der Waals surface area contributed by atoms with Crippen molar-refractivity contribution in [3.8, 4) is 0 Å². The van der Waals surface area contributed by atoms with Crippen LogP contribution in [0, 0.1) is 5.41 Å². The van der Waals surface area contributed by atoms with E-state index in [-0.39, 0.29) is 18.0 Å². The zero-order chi connectivity index (χ0) is 15.7. The Labute approximate surface area is 132 Å². The molecule has 3 nitrogen and oxygen atoms in total. The van der Waals surface area contributed by atoms with Gasteiger partial charge in [0.25, 0.3) is 0 Å². The van der Waals surface area contributed by atoms with E-state index in [0.29, 0.717) is 0 Å². The van der Waals surface area contributed by atoms with Crippen molar-refractivity contribution in [1.29, 1.82) is 0 Å². The van der Waals surface area contributed by atoms with Gasteiger partial charge in [0.05, 0.1) is 23.1 Å². The molecule has 0 bridgehead atoms. The maximum atomic E-state index is 12.8. The van der Waals surface area contributed by atoms with E-state index in [9.17, 15) is 18.0 Å². The van der Waals surface area contributed by atoms with Gasteiger partial charge in [0.1, 0.15) is 0 Å². The fraction of sp³-hybridized carbons (Fsp3) is 0.462. The number of benzene rings is 1. The fourth-order valence-corrected chi connectivity index (χ4v) is 1.98. The molecular formula is C13H16Cl2F3NO2. The summed E-state index contributed by atoms with van der Waals surface area (Å²) in [7, 11) is 1.19. The Bertz CT molecular complexity index is 519. The Hall–Kier alpha value is -0.980. The predicted molar refractivity (Wildman–Crippen MR) is 76.4 cm³/mol. The quantitative estimate of drug-likeness (QED) is 0.843. The molecule has 0 aromatic heterocycles. The van der Waals surface area contributed by atoms with Gasteiger partial charge in [0.15, 0.2) is 0 Å². The number of esters is 1. The van der Waals surface area contributed by atoms with Crippen molar-refractivity contribution >= 4 is 30.0 Å². The van der Waals surface area contributed by atoms with Crippen LogP contribution in [-0.2, 0) is 15.7 Å². The number of ether oxygens (including phenoxy) is 1. The second-order valence-electron chi connectivity index (χ2n) is 4.93. The van der Waals surface area contributed by atoms with Gasteiger partial charge < -0.3 is 10.5 Å². The van der Waals surface area contributed by atoms with Gasteiger partial charge in [-0.3, -0.25) is 4.79 Å². The first kappa shape index (κ1) is 20.0. The molecule has 1 rings (SSSR count). The molecule has 120 valence electrons. The first-order valence-electron chi connectivity index (χ1n) is 5.72. The normalized spacial score (nSPS) is 13.3. The van der Waals surface area contributed by atoms with Crippen molar-refractivity contribution < 1.29 is 22.7 Å². The summed E-state index contributed by atoms with van der Waals surface area (Å²) in [6.07, 6.45) is -4.58. The molecule has 0 spiro atoms. The monoisotopic (exact) mass is 345 g/mol. The summed E-state index contributed by atoms with van der Waals surface area (Å²) in [5.41, 5.74) is 3.92. The largest absolute Gasteiger partial charge is 0.469 e. The van der Waals surface area contributed by atoms with Gasteiger partial charge in [-0.25, -0.2) is 0 Å². The first-order valence-corrected chi connectivity index (χ1v) is 6.10. The van der Waals surface area contributed by atoms with Gasteiger partial charge in [-0.05, 0) is 31.5 Å². The van der Waals surface area contributed by atoms with E-state index >= 15 is 0 Å². The number of rotatable bonds is 3. The van der Waals surface area contributed by atoms with E-state index in [2.05, 4.69) is 4.74 Å². The average Bonchev–Trinajstić information content (AvgIpc) is 2.35. The molecule has 0 aliphatic rings. The molecule has 0 saturated carbocycles. The topological polar surface area (TPSA) is 52.3 Å². The lowest BCUT2D eigenvalue weighted by molar-refractivity contribution is -0.152. The minimum absolute atomic E-state index is 0. The summed E-state index contributed by atoms with van der Waals surface area (Å²) >= 11 is 5.54. The molecule has 1 aromatic rings. The Morgan fingerprint density at radius 3 is 2.29 bits per heavy atom. The summed E-state index contributed by atoms with van der Waals surface area (Å²) in [4.78, 5) is 11.6. The highest BCUT2D eigenvalue weighted by atomic mass is 35.5. The molecule has 0 heterocycles. The van der Waals surface area contributed by atoms with Gasteiger partial charge in [-0.2, -0.15) is 13.2 Å². The average molecular weight is 346 g/mol. The molecule has 0 unspecified atom stereocenters. The van der Waals surface area contributed by atoms with Gasteiger partial charge in [-0.15, -0.1) is 12.4 Å². The van der Waals surface area contributed by atoms with Crippen molar-refractivity contribution in [3.05, 3.63) is 34.3 Å². The van der Waals surface area contributed by atoms with Gasteiger partial charge in [-0.1, -0.05) is 17.7 Å². The van der Waals surface area contributed by atoms with Crippen LogP contribution in [-0.4, -0.2) is 13.1 Å². The number of hydrogen-bond acceptors (Lipinski definition) is 3. The maximum absolute atomic E-state index is 12.8. The third kappa shape index (κ3) is 4.25. The minimum Gasteiger partial charge on any atom is -0.469 e. The molecule has 1 aromatic carbocycles. The van der Waals surface area contributed by atoms with Crippen LogP contribution in [0.3, 0.4) is 0 Å². The lowest BCUT2D eigenvalue weighted by Gasteiger charge is -2.29. The molecule has 0 saturated heterocycles. The summed E-state index contributed by atoms with van der Waals surface area (Å²) in [5.74, 6) is -0.603. The smallest absolute Gasteiger partial charge is 0.417 e. The van der Waals surface area contributed by atoms with E-state index in [1.807, 2.05) is 0 Å². The van der Waals surface area contributed by atoms with Crippen molar-refractivity contribution in [2.45, 2.75) is 26.1 Å². The van der Waals surface area contributed by atoms with Crippen LogP contribution in [0.15, 0.2) is 18.2 Å². The Morgan fingerprint density at radius 2 is 1.86 bits per heavy atom. The van der Waals surface area contributed by atoms with Crippen LogP contribution >= 0.6 is 24.0 Å². The maximum Gasteiger partial charge on any atom is 0.417 e. The van der Waals surface area contributed by atoms with E-state index < -0.39 is 34.2 Å². The van der Waals surface area contributed by atoms with Crippen molar-refractivity contribution in [3.63, 3.8) is 0 Å². The number of alkyl halides is 3. The van der Waals surface area contributed by atoms with Crippen LogP contribution in [0.5, 0.6) is 0 Å². The van der Waals surface area contributed by atoms with Crippen LogP contribution in [0.2, 0.25) is 5.02 Å². The summed E-state index contributed by atoms with van der Waals surface area (Å²) in [6, 6.07) is 2.39. The van der Waals surface area contributed by atoms with Crippen molar-refractivity contribution in [2.75, 3.05) is 7.11 Å². The fourth-order valence-electron chi connectivity index (χ4n) is 1.76. The number of carbonyl (C=O) groups is 1. The zero-order valence-corrected chi connectivity index (χ0v) is 13.2. The third-order valence-electron chi connectivity index (χ3n) is 3.14. The highest BCUT2D eigenvalue weighted by Crippen LogP contribution is 2.39. The second-order valence-corrected chi connectivity index (χ2v) is 5.34. The van der Waals surface area contributed by atoms with Crippen LogP contribution in [0.25, 0.3) is 0 Å². The SMILES string of the molecule is COC(=O)C(C)(C)[C@H](N)c1ccc(Cl)c(C(F)(F)F)c1.Cl. The Morgan fingerprint density at radius 1 is 1.33 bits per heavy atom. The molecule has 21 heavy (non-hydrogen) atoms. The second kappa shape index (κ2) is 6.85. The highest BCUT2D eigenvalue weighted by Gasteiger charge is 2.39. The molecule has 0 amide bonds. The van der Waals surface area contributed by atoms with Gasteiger partial charge >= 0.3 is 12.1 Å². The van der Waals surface area contributed by atoms with E-state index in [0.717, 1.165) is 12.1 Å². The minimum atomic E-state index is -4.58. The number of hydrogen-bond donors (Lipinski definition) is 1. The van der Waals surface area contributed by atoms with Gasteiger partial charge in [0, 0.05) is 6.04 Å². The standard InChI is InChI=1S/C13H15ClF3NO2.ClH/c1-12(2,11(19)20-3)10(18)7-4-5-9(14)8(6-7)13(15,16)17;/h4-6,10H,18H2,1-3H3;1H/t10-;/m1./s1. The molecule has 2 N–H and O–H groups in total. The van der Waals surface area contributed by atoms with Crippen molar-refractivity contribution in [2.24, 2.45) is 11.1 Å². The van der Waals surface area contributed by atoms with Gasteiger partial charge in [0.2, 0.25) is 0 Å². The summed E-state index contributed by atoms with van der Waals surface area (Å²) < 4.78 is 43.0. The van der Waals surface area contributed by atoms with Crippen LogP contribution in [0.1, 0.15) is 31.0 Å². The molecule has 8 heteroatoms. The number of methoxy groups -OCH3 is 1. The van der Waals surface area contributed by atoms with E-state index in [1.165, 1.54) is 27.0 Å². The Balaban J connectivity index is 0.00000400. The predicted octanol–water partition coefficient (Wildman–Crippen LogP) is 3.98. The van der Waals surface area contributed by atoms with E-state index in [1.54, 1.807) is 0 Å². The van der Waals surface area contributed by atoms with E-state index in [4.69, 9.17) is 17.3 Å². The molecular weight excluding hydrogens is 330 g/mol. The molecule has 0 radical (unpaired) electrons. The summed E-state index contributed by atoms with van der Waals surface area (Å²) in [6.45, 7) is 3.01. The molecule has 0 aliphatic heterocycles. The third-order valence-corrected chi connectivity index (χ3v) is 3.47. The summed E-state index contributed by atoms with van der Waals surface area (Å²) in [5, 5.41) is -0.413. The van der Waals surface area contributed by atoms with Crippen LogP contribution < -0.4 is 5.73 Å². The zero-order valence-electron chi connectivity index (χ0n) is 11.6. The van der Waals surface area contributed by atoms with Crippen LogP contribution in [0.4, 0.5) is 13.2 Å². The van der Waals surface area contributed by atoms with Crippen molar-refractivity contribution in [1.82, 2.24) is 0 Å². The number of nitrogens with two attached hydrogens (primary N) is 1.